The van der Waals surface area contributed by atoms with Crippen LogP contribution in [0.15, 0.2) is 48.5 Å². The van der Waals surface area contributed by atoms with Gasteiger partial charge >= 0.3 is 5.97 Å². The van der Waals surface area contributed by atoms with Crippen LogP contribution in [0.3, 0.4) is 0 Å². The Morgan fingerprint density at radius 1 is 0.914 bits per heavy atom. The highest BCUT2D eigenvalue weighted by Gasteiger charge is 2.52. The Hall–Kier alpha value is -4.01. The van der Waals surface area contributed by atoms with E-state index in [4.69, 9.17) is 4.74 Å². The highest BCUT2D eigenvalue weighted by atomic mass is 16.5. The van der Waals surface area contributed by atoms with Gasteiger partial charge in [0.05, 0.1) is 23.5 Å². The van der Waals surface area contributed by atoms with Crippen molar-refractivity contribution in [3.8, 4) is 0 Å². The van der Waals surface area contributed by atoms with E-state index in [0.29, 0.717) is 29.8 Å². The van der Waals surface area contributed by atoms with Gasteiger partial charge in [0.15, 0.2) is 6.61 Å². The number of hydrogen-bond acceptors (Lipinski definition) is 6. The lowest BCUT2D eigenvalue weighted by Crippen LogP contribution is -2.61. The van der Waals surface area contributed by atoms with Crippen LogP contribution in [-0.2, 0) is 30.5 Å². The van der Waals surface area contributed by atoms with Crippen molar-refractivity contribution in [1.82, 2.24) is 4.90 Å². The van der Waals surface area contributed by atoms with Gasteiger partial charge in [0.2, 0.25) is 11.8 Å². The summed E-state index contributed by atoms with van der Waals surface area (Å²) in [6, 6.07) is 13.5. The number of para-hydroxylation sites is 2. The number of nitrogens with one attached hydrogen (secondary N) is 1. The number of carbonyl (C=O) groups excluding carboxylic acids is 5. The van der Waals surface area contributed by atoms with Gasteiger partial charge in [0, 0.05) is 12.8 Å². The standard InChI is InChI=1S/C26H25N3O6/c30-21-11-12-22(31)28(21)15-17-7-9-18(10-8-17)24(33)35-16-23(32)29-20-6-2-1-5-19(20)27-25(34)26(29)13-3-4-14-26/h1-2,5-10H,3-4,11-16H2,(H,27,34). The van der Waals surface area contributed by atoms with E-state index in [0.717, 1.165) is 12.8 Å². The molecular formula is C26H25N3O6. The summed E-state index contributed by atoms with van der Waals surface area (Å²) in [4.78, 5) is 65.3. The summed E-state index contributed by atoms with van der Waals surface area (Å²) in [5.74, 6) is -1.74. The average Bonchev–Trinajstić information content (AvgIpc) is 3.47. The van der Waals surface area contributed by atoms with Crippen molar-refractivity contribution in [2.75, 3.05) is 16.8 Å². The molecule has 4 amide bonds. The smallest absolute Gasteiger partial charge is 0.338 e. The number of esters is 1. The molecule has 9 heteroatoms. The molecule has 1 N–H and O–H groups in total. The molecule has 9 nitrogen and oxygen atoms in total. The average molecular weight is 476 g/mol. The fourth-order valence-electron chi connectivity index (χ4n) is 5.13. The third-order valence-corrected chi connectivity index (χ3v) is 6.94. The molecule has 1 saturated heterocycles. The largest absolute Gasteiger partial charge is 0.452 e. The van der Waals surface area contributed by atoms with Gasteiger partial charge in [-0.05, 0) is 42.7 Å². The van der Waals surface area contributed by atoms with Crippen molar-refractivity contribution in [3.63, 3.8) is 0 Å². The van der Waals surface area contributed by atoms with E-state index in [1.165, 1.54) is 21.9 Å². The fraction of sp³-hybridized carbons (Fsp3) is 0.346. The van der Waals surface area contributed by atoms with E-state index in [9.17, 15) is 24.0 Å². The van der Waals surface area contributed by atoms with Crippen molar-refractivity contribution in [2.24, 2.45) is 0 Å². The van der Waals surface area contributed by atoms with Gasteiger partial charge < -0.3 is 10.1 Å². The minimum absolute atomic E-state index is 0.157. The minimum Gasteiger partial charge on any atom is -0.452 e. The maximum Gasteiger partial charge on any atom is 0.338 e. The van der Waals surface area contributed by atoms with Crippen LogP contribution in [0, 0.1) is 0 Å². The van der Waals surface area contributed by atoms with Crippen molar-refractivity contribution in [1.29, 1.82) is 0 Å². The summed E-state index contributed by atoms with van der Waals surface area (Å²) < 4.78 is 5.32. The molecule has 1 aliphatic carbocycles. The summed E-state index contributed by atoms with van der Waals surface area (Å²) in [5.41, 5.74) is 1.14. The second-order valence-corrected chi connectivity index (χ2v) is 9.09. The van der Waals surface area contributed by atoms with Gasteiger partial charge in [-0.25, -0.2) is 4.79 Å². The molecule has 0 aromatic heterocycles. The van der Waals surface area contributed by atoms with Gasteiger partial charge in [0.25, 0.3) is 11.8 Å². The van der Waals surface area contributed by atoms with Crippen molar-refractivity contribution in [2.45, 2.75) is 50.6 Å². The summed E-state index contributed by atoms with van der Waals surface area (Å²) in [6.07, 6.45) is 3.22. The molecule has 1 spiro atoms. The molecule has 0 bridgehead atoms. The molecule has 2 aromatic carbocycles. The minimum atomic E-state index is -0.968. The second-order valence-electron chi connectivity index (χ2n) is 9.09. The van der Waals surface area contributed by atoms with E-state index < -0.39 is 24.0 Å². The zero-order chi connectivity index (χ0) is 24.6. The van der Waals surface area contributed by atoms with E-state index in [1.807, 2.05) is 0 Å². The van der Waals surface area contributed by atoms with Gasteiger partial charge in [0.1, 0.15) is 5.54 Å². The van der Waals surface area contributed by atoms with Gasteiger partial charge in [-0.15, -0.1) is 0 Å². The first kappa shape index (κ1) is 22.8. The van der Waals surface area contributed by atoms with E-state index >= 15 is 0 Å². The highest BCUT2D eigenvalue weighted by molar-refractivity contribution is 6.15. The molecular weight excluding hydrogens is 450 g/mol. The lowest BCUT2D eigenvalue weighted by Gasteiger charge is -2.44. The number of carbonyl (C=O) groups is 5. The molecule has 2 fully saturated rings. The third-order valence-electron chi connectivity index (χ3n) is 6.94. The van der Waals surface area contributed by atoms with Crippen molar-refractivity contribution in [3.05, 3.63) is 59.7 Å². The first-order valence-corrected chi connectivity index (χ1v) is 11.7. The zero-order valence-electron chi connectivity index (χ0n) is 19.1. The zero-order valence-corrected chi connectivity index (χ0v) is 19.1. The molecule has 5 rings (SSSR count). The Labute approximate surface area is 202 Å². The number of anilines is 2. The number of amides is 4. The Morgan fingerprint density at radius 3 is 2.26 bits per heavy atom. The van der Waals surface area contributed by atoms with Crippen LogP contribution >= 0.6 is 0 Å². The molecule has 35 heavy (non-hydrogen) atoms. The third kappa shape index (κ3) is 4.07. The summed E-state index contributed by atoms with van der Waals surface area (Å²) >= 11 is 0. The molecule has 3 aliphatic rings. The molecule has 180 valence electrons. The normalized spacial score (nSPS) is 18.6. The van der Waals surface area contributed by atoms with Crippen LogP contribution in [-0.4, -0.2) is 46.6 Å². The number of fused-ring (bicyclic) bond motifs is 1. The number of imide groups is 1. The predicted molar refractivity (Wildman–Crippen MR) is 125 cm³/mol. The van der Waals surface area contributed by atoms with Gasteiger partial charge in [-0.1, -0.05) is 37.1 Å². The Bertz CT molecular complexity index is 1200. The Morgan fingerprint density at radius 2 is 1.57 bits per heavy atom. The van der Waals surface area contributed by atoms with Crippen LogP contribution in [0.5, 0.6) is 0 Å². The molecule has 0 radical (unpaired) electrons. The molecule has 2 aromatic rings. The number of benzene rings is 2. The Balaban J connectivity index is 1.27. The summed E-state index contributed by atoms with van der Waals surface area (Å²) in [6.45, 7) is -0.343. The number of rotatable bonds is 5. The summed E-state index contributed by atoms with van der Waals surface area (Å²) in [7, 11) is 0. The van der Waals surface area contributed by atoms with Gasteiger partial charge in [-0.2, -0.15) is 0 Å². The fourth-order valence-corrected chi connectivity index (χ4v) is 5.13. The number of nitrogens with zero attached hydrogens (tertiary/aromatic N) is 2. The highest BCUT2D eigenvalue weighted by Crippen LogP contribution is 2.45. The van der Waals surface area contributed by atoms with Crippen LogP contribution < -0.4 is 10.2 Å². The monoisotopic (exact) mass is 475 g/mol. The maximum absolute atomic E-state index is 13.3. The summed E-state index contributed by atoms with van der Waals surface area (Å²) in [5, 5.41) is 2.92. The molecule has 0 atom stereocenters. The topological polar surface area (TPSA) is 113 Å². The number of hydrogen-bond donors (Lipinski definition) is 1. The number of ether oxygens (including phenoxy) is 1. The van der Waals surface area contributed by atoms with Crippen LogP contribution in [0.4, 0.5) is 11.4 Å². The van der Waals surface area contributed by atoms with Crippen molar-refractivity contribution >= 4 is 41.0 Å². The Kier molecular flexibility index (Phi) is 5.84. The lowest BCUT2D eigenvalue weighted by molar-refractivity contribution is -0.139. The van der Waals surface area contributed by atoms with Crippen LogP contribution in [0.25, 0.3) is 0 Å². The molecule has 0 unspecified atom stereocenters. The molecule has 2 aliphatic heterocycles. The van der Waals surface area contributed by atoms with Crippen LogP contribution in [0.2, 0.25) is 0 Å². The second kappa shape index (κ2) is 8.98. The van der Waals surface area contributed by atoms with E-state index in [2.05, 4.69) is 5.32 Å². The van der Waals surface area contributed by atoms with Gasteiger partial charge in [-0.3, -0.25) is 29.0 Å². The molecule has 2 heterocycles. The van der Waals surface area contributed by atoms with E-state index in [1.54, 1.807) is 36.4 Å². The lowest BCUT2D eigenvalue weighted by atomic mass is 9.90. The first-order chi connectivity index (χ1) is 16.9. The predicted octanol–water partition coefficient (Wildman–Crippen LogP) is 2.79. The quantitative estimate of drug-likeness (QED) is 0.526. The number of likely N-dealkylation sites (tertiary alicyclic amines) is 1. The van der Waals surface area contributed by atoms with E-state index in [-0.39, 0.29) is 42.7 Å². The SMILES string of the molecule is O=C(OCC(=O)N1c2ccccc2NC(=O)C12CCCC2)c1ccc(CN2C(=O)CCC2=O)cc1. The van der Waals surface area contributed by atoms with Crippen molar-refractivity contribution < 1.29 is 28.7 Å². The maximum atomic E-state index is 13.3. The van der Waals surface area contributed by atoms with Crippen LogP contribution in [0.1, 0.15) is 54.4 Å². The first-order valence-electron chi connectivity index (χ1n) is 11.7. The molecule has 1 saturated carbocycles.